The lowest BCUT2D eigenvalue weighted by Crippen LogP contribution is -2.30. The largest absolute Gasteiger partial charge is 0.489 e. The lowest BCUT2D eigenvalue weighted by molar-refractivity contribution is 0.192. The van der Waals surface area contributed by atoms with Crippen LogP contribution < -0.4 is 10.1 Å². The third-order valence-electron chi connectivity index (χ3n) is 2.72. The Hall–Kier alpha value is -1.46. The summed E-state index contributed by atoms with van der Waals surface area (Å²) in [6, 6.07) is 6.24. The zero-order valence-corrected chi connectivity index (χ0v) is 11.6. The van der Waals surface area contributed by atoms with Gasteiger partial charge in [0.2, 0.25) is 0 Å². The number of ether oxygens (including phenoxy) is 1. The van der Waals surface area contributed by atoms with E-state index in [-0.39, 0.29) is 11.9 Å². The predicted molar refractivity (Wildman–Crippen MR) is 74.9 cm³/mol. The second kappa shape index (κ2) is 7.21. The van der Waals surface area contributed by atoms with Crippen LogP contribution in [0.3, 0.4) is 0 Å². The molecule has 0 aliphatic rings. The summed E-state index contributed by atoms with van der Waals surface area (Å²) in [6.45, 7) is 3.49. The van der Waals surface area contributed by atoms with Crippen molar-refractivity contribution in [3.05, 3.63) is 46.7 Å². The molecule has 5 heteroatoms. The molecule has 0 spiro atoms. The maximum Gasteiger partial charge on any atom is 0.126 e. The van der Waals surface area contributed by atoms with Gasteiger partial charge in [0.15, 0.2) is 0 Å². The number of thiazole rings is 1. The van der Waals surface area contributed by atoms with E-state index in [1.54, 1.807) is 23.5 Å². The minimum Gasteiger partial charge on any atom is -0.489 e. The van der Waals surface area contributed by atoms with Gasteiger partial charge in [-0.2, -0.15) is 0 Å². The Morgan fingerprint density at radius 3 is 3.05 bits per heavy atom. The molecule has 2 rings (SSSR count). The van der Waals surface area contributed by atoms with Gasteiger partial charge in [-0.05, 0) is 18.6 Å². The molecule has 0 unspecified atom stereocenters. The van der Waals surface area contributed by atoms with Crippen molar-refractivity contribution in [3.8, 4) is 5.75 Å². The van der Waals surface area contributed by atoms with Crippen molar-refractivity contribution >= 4 is 11.3 Å². The van der Waals surface area contributed by atoms with Crippen LogP contribution in [0.15, 0.2) is 35.2 Å². The first-order valence-corrected chi connectivity index (χ1v) is 7.22. The fourth-order valence-electron chi connectivity index (χ4n) is 1.69. The van der Waals surface area contributed by atoms with Crippen molar-refractivity contribution in [3.63, 3.8) is 0 Å². The van der Waals surface area contributed by atoms with E-state index in [4.69, 9.17) is 4.74 Å². The standard InChI is InChI=1S/C14H17FN2OS/c1-2-13(8-16-7-12-9-19-10-17-12)18-14-5-3-4-11(15)6-14/h3-6,9-10,13,16H,2,7-8H2,1H3/t13-/m1/s1. The smallest absolute Gasteiger partial charge is 0.126 e. The number of nitrogens with one attached hydrogen (secondary N) is 1. The summed E-state index contributed by atoms with van der Waals surface area (Å²) >= 11 is 1.58. The molecule has 1 aromatic heterocycles. The zero-order valence-electron chi connectivity index (χ0n) is 10.8. The average Bonchev–Trinajstić information content (AvgIpc) is 2.91. The first-order valence-electron chi connectivity index (χ1n) is 6.28. The lowest BCUT2D eigenvalue weighted by Gasteiger charge is -2.18. The number of hydrogen-bond acceptors (Lipinski definition) is 4. The molecule has 1 aromatic carbocycles. The highest BCUT2D eigenvalue weighted by Gasteiger charge is 2.08. The van der Waals surface area contributed by atoms with E-state index in [9.17, 15) is 4.39 Å². The number of nitrogens with zero attached hydrogens (tertiary/aromatic N) is 1. The van der Waals surface area contributed by atoms with E-state index in [1.165, 1.54) is 12.1 Å². The maximum atomic E-state index is 13.1. The molecule has 3 nitrogen and oxygen atoms in total. The van der Waals surface area contributed by atoms with Gasteiger partial charge in [0.1, 0.15) is 17.7 Å². The summed E-state index contributed by atoms with van der Waals surface area (Å²) in [4.78, 5) is 4.20. The second-order valence-electron chi connectivity index (χ2n) is 4.22. The Morgan fingerprint density at radius 2 is 2.37 bits per heavy atom. The van der Waals surface area contributed by atoms with Crippen LogP contribution in [0.4, 0.5) is 4.39 Å². The summed E-state index contributed by atoms with van der Waals surface area (Å²) in [5, 5.41) is 5.31. The topological polar surface area (TPSA) is 34.2 Å². The van der Waals surface area contributed by atoms with Crippen molar-refractivity contribution in [2.45, 2.75) is 26.0 Å². The van der Waals surface area contributed by atoms with Crippen LogP contribution >= 0.6 is 11.3 Å². The molecule has 0 saturated carbocycles. The molecule has 102 valence electrons. The number of hydrogen-bond donors (Lipinski definition) is 1. The van der Waals surface area contributed by atoms with Crippen LogP contribution in [-0.2, 0) is 6.54 Å². The van der Waals surface area contributed by atoms with Crippen molar-refractivity contribution in [1.29, 1.82) is 0 Å². The lowest BCUT2D eigenvalue weighted by atomic mass is 10.2. The predicted octanol–water partition coefficient (Wildman–Crippen LogP) is 3.23. The quantitative estimate of drug-likeness (QED) is 0.845. The monoisotopic (exact) mass is 280 g/mol. The van der Waals surface area contributed by atoms with Crippen molar-refractivity contribution in [2.75, 3.05) is 6.54 Å². The minimum atomic E-state index is -0.275. The molecule has 1 N–H and O–H groups in total. The van der Waals surface area contributed by atoms with Gasteiger partial charge >= 0.3 is 0 Å². The van der Waals surface area contributed by atoms with Crippen LogP contribution in [0.1, 0.15) is 19.0 Å². The summed E-state index contributed by atoms with van der Waals surface area (Å²) < 4.78 is 18.8. The van der Waals surface area contributed by atoms with Gasteiger partial charge in [-0.25, -0.2) is 9.37 Å². The van der Waals surface area contributed by atoms with E-state index >= 15 is 0 Å². The van der Waals surface area contributed by atoms with Crippen molar-refractivity contribution in [1.82, 2.24) is 10.3 Å². The Balaban J connectivity index is 1.80. The van der Waals surface area contributed by atoms with Gasteiger partial charge in [0, 0.05) is 24.5 Å². The number of aromatic nitrogens is 1. The molecular formula is C14H17FN2OS. The summed E-state index contributed by atoms with van der Waals surface area (Å²) in [7, 11) is 0. The third-order valence-corrected chi connectivity index (χ3v) is 3.35. The zero-order chi connectivity index (χ0) is 13.5. The fraction of sp³-hybridized carbons (Fsp3) is 0.357. The van der Waals surface area contributed by atoms with E-state index in [0.717, 1.165) is 18.7 Å². The SMILES string of the molecule is CC[C@H](CNCc1cscn1)Oc1cccc(F)c1. The molecule has 0 bridgehead atoms. The van der Waals surface area contributed by atoms with E-state index < -0.39 is 0 Å². The van der Waals surface area contributed by atoms with Crippen LogP contribution in [0, 0.1) is 5.82 Å². The molecular weight excluding hydrogens is 263 g/mol. The minimum absolute atomic E-state index is 0.0282. The van der Waals surface area contributed by atoms with Gasteiger partial charge < -0.3 is 10.1 Å². The first kappa shape index (κ1) is 14.0. The van der Waals surface area contributed by atoms with Gasteiger partial charge in [-0.3, -0.25) is 0 Å². The molecule has 2 aromatic rings. The fourth-order valence-corrected chi connectivity index (χ4v) is 2.25. The number of halogens is 1. The van der Waals surface area contributed by atoms with Gasteiger partial charge in [0.25, 0.3) is 0 Å². The van der Waals surface area contributed by atoms with Gasteiger partial charge in [0.05, 0.1) is 11.2 Å². The molecule has 0 aliphatic heterocycles. The Bertz CT molecular complexity index is 490. The summed E-state index contributed by atoms with van der Waals surface area (Å²) in [6.07, 6.45) is 0.890. The average molecular weight is 280 g/mol. The Kier molecular flexibility index (Phi) is 5.30. The second-order valence-corrected chi connectivity index (χ2v) is 4.93. The van der Waals surface area contributed by atoms with Crippen LogP contribution in [0.25, 0.3) is 0 Å². The van der Waals surface area contributed by atoms with E-state index in [1.807, 2.05) is 10.9 Å². The molecule has 1 atom stereocenters. The van der Waals surface area contributed by atoms with Crippen LogP contribution in [0.5, 0.6) is 5.75 Å². The Labute approximate surface area is 116 Å². The summed E-state index contributed by atoms with van der Waals surface area (Å²) in [5.41, 5.74) is 2.85. The number of rotatable bonds is 7. The molecule has 0 radical (unpaired) electrons. The van der Waals surface area contributed by atoms with Crippen molar-refractivity contribution in [2.24, 2.45) is 0 Å². The van der Waals surface area contributed by atoms with Gasteiger partial charge in [-0.15, -0.1) is 11.3 Å². The summed E-state index contributed by atoms with van der Waals surface area (Å²) in [5.74, 6) is 0.296. The van der Waals surface area contributed by atoms with Crippen LogP contribution in [0.2, 0.25) is 0 Å². The molecule has 0 saturated heterocycles. The van der Waals surface area contributed by atoms with Gasteiger partial charge in [-0.1, -0.05) is 13.0 Å². The Morgan fingerprint density at radius 1 is 1.47 bits per heavy atom. The normalized spacial score (nSPS) is 12.3. The van der Waals surface area contributed by atoms with E-state index in [2.05, 4.69) is 17.2 Å². The molecule has 19 heavy (non-hydrogen) atoms. The first-order chi connectivity index (χ1) is 9.28. The highest BCUT2D eigenvalue weighted by Crippen LogP contribution is 2.14. The molecule has 0 aliphatic carbocycles. The maximum absolute atomic E-state index is 13.1. The highest BCUT2D eigenvalue weighted by molar-refractivity contribution is 7.07. The highest BCUT2D eigenvalue weighted by atomic mass is 32.1. The number of benzene rings is 1. The molecule has 1 heterocycles. The van der Waals surface area contributed by atoms with Crippen LogP contribution in [-0.4, -0.2) is 17.6 Å². The van der Waals surface area contributed by atoms with Crippen molar-refractivity contribution < 1.29 is 9.13 Å². The molecule has 0 fully saturated rings. The molecule has 0 amide bonds. The van der Waals surface area contributed by atoms with E-state index in [0.29, 0.717) is 12.3 Å². The third kappa shape index (κ3) is 4.61.